The van der Waals surface area contributed by atoms with Crippen LogP contribution in [0.3, 0.4) is 0 Å². The van der Waals surface area contributed by atoms with Crippen LogP contribution in [0.25, 0.3) is 6.08 Å². The summed E-state index contributed by atoms with van der Waals surface area (Å²) in [5, 5.41) is 0. The highest BCUT2D eigenvalue weighted by atomic mass is 19.2. The molecule has 0 N–H and O–H groups in total. The van der Waals surface area contributed by atoms with Gasteiger partial charge in [0.2, 0.25) is 5.82 Å². The Morgan fingerprint density at radius 3 is 1.95 bits per heavy atom. The van der Waals surface area contributed by atoms with Gasteiger partial charge >= 0.3 is 5.97 Å². The molecule has 10 heteroatoms. The molecular weight excluding hydrogens is 563 g/mol. The summed E-state index contributed by atoms with van der Waals surface area (Å²) in [6, 6.07) is 6.34. The monoisotopic (exact) mass is 603 g/mol. The van der Waals surface area contributed by atoms with Crippen molar-refractivity contribution in [3.63, 3.8) is 0 Å². The minimum absolute atomic E-state index is 0.142. The van der Waals surface area contributed by atoms with Gasteiger partial charge in [0.15, 0.2) is 17.4 Å². The molecule has 2 amide bonds. The zero-order valence-electron chi connectivity index (χ0n) is 25.7. The maximum atomic E-state index is 15.5. The first-order valence-corrected chi connectivity index (χ1v) is 14.3. The average Bonchev–Trinajstić information content (AvgIpc) is 3.16. The first-order valence-electron chi connectivity index (χ1n) is 14.3. The van der Waals surface area contributed by atoms with Crippen LogP contribution in [0, 0.1) is 22.9 Å². The zero-order chi connectivity index (χ0) is 32.1. The smallest absolute Gasteiger partial charge is 0.330 e. The Bertz CT molecular complexity index is 1360. The molecule has 2 aromatic carbocycles. The number of amides is 2. The Balaban J connectivity index is 1.61. The van der Waals surface area contributed by atoms with E-state index in [4.69, 9.17) is 14.2 Å². The summed E-state index contributed by atoms with van der Waals surface area (Å²) >= 11 is 0. The van der Waals surface area contributed by atoms with Crippen molar-refractivity contribution in [1.82, 2.24) is 4.90 Å². The maximum absolute atomic E-state index is 15.5. The molecule has 0 spiro atoms. The van der Waals surface area contributed by atoms with Gasteiger partial charge in [0, 0.05) is 6.61 Å². The van der Waals surface area contributed by atoms with Gasteiger partial charge in [-0.1, -0.05) is 64.1 Å². The lowest BCUT2D eigenvalue weighted by Gasteiger charge is -2.36. The van der Waals surface area contributed by atoms with Gasteiger partial charge in [-0.15, -0.1) is 0 Å². The van der Waals surface area contributed by atoms with Crippen LogP contribution in [0.15, 0.2) is 30.8 Å². The molecule has 0 fully saturated rings. The summed E-state index contributed by atoms with van der Waals surface area (Å²) in [6.45, 7) is 14.1. The third-order valence-corrected chi connectivity index (χ3v) is 6.77. The molecule has 0 aliphatic carbocycles. The van der Waals surface area contributed by atoms with Crippen molar-refractivity contribution < 1.29 is 41.8 Å². The van der Waals surface area contributed by atoms with Gasteiger partial charge in [-0.2, -0.15) is 4.39 Å². The molecule has 0 saturated carbocycles. The van der Waals surface area contributed by atoms with Crippen molar-refractivity contribution in [2.24, 2.45) is 5.41 Å². The van der Waals surface area contributed by atoms with Crippen molar-refractivity contribution in [2.75, 3.05) is 13.2 Å². The number of nitrogens with zero attached hydrogens (tertiary/aromatic N) is 1. The van der Waals surface area contributed by atoms with E-state index in [1.807, 2.05) is 24.3 Å². The summed E-state index contributed by atoms with van der Waals surface area (Å²) < 4.78 is 61.8. The van der Waals surface area contributed by atoms with Crippen LogP contribution < -0.4 is 4.74 Å². The predicted octanol–water partition coefficient (Wildman–Crippen LogP) is 7.26. The van der Waals surface area contributed by atoms with Gasteiger partial charge < -0.3 is 14.2 Å². The quantitative estimate of drug-likeness (QED) is 0.104. The molecule has 1 heterocycles. The normalized spacial score (nSPS) is 14.1. The molecule has 0 unspecified atom stereocenters. The molecule has 43 heavy (non-hydrogen) atoms. The van der Waals surface area contributed by atoms with E-state index in [9.17, 15) is 18.8 Å². The number of carbonyl (C=O) groups is 3. The highest BCUT2D eigenvalue weighted by Crippen LogP contribution is 2.40. The zero-order valence-corrected chi connectivity index (χ0v) is 25.7. The number of unbranched alkanes of at least 4 members (excludes halogenated alkanes) is 3. The minimum Gasteiger partial charge on any atom is -0.488 e. The summed E-state index contributed by atoms with van der Waals surface area (Å²) in [7, 11) is 0. The van der Waals surface area contributed by atoms with Gasteiger partial charge in [0.05, 0.1) is 24.3 Å². The maximum Gasteiger partial charge on any atom is 0.330 e. The fraction of sp³-hybridized carbons (Fsp3) is 0.485. The van der Waals surface area contributed by atoms with Gasteiger partial charge in [-0.3, -0.25) is 14.5 Å². The fourth-order valence-electron chi connectivity index (χ4n) is 4.71. The molecule has 1 atom stereocenters. The van der Waals surface area contributed by atoms with Gasteiger partial charge in [0.25, 0.3) is 11.8 Å². The van der Waals surface area contributed by atoms with E-state index in [0.717, 1.165) is 24.0 Å². The van der Waals surface area contributed by atoms with E-state index in [0.29, 0.717) is 31.0 Å². The lowest BCUT2D eigenvalue weighted by Crippen LogP contribution is -2.53. The van der Waals surface area contributed by atoms with Crippen molar-refractivity contribution in [3.8, 4) is 5.75 Å². The number of fused-ring (bicyclic) bond motifs is 1. The number of esters is 1. The van der Waals surface area contributed by atoms with E-state index < -0.39 is 69.2 Å². The second-order valence-electron chi connectivity index (χ2n) is 12.6. The largest absolute Gasteiger partial charge is 0.488 e. The summed E-state index contributed by atoms with van der Waals surface area (Å²) in [5.41, 5.74) is -1.99. The Hall–Kier alpha value is -3.66. The fourth-order valence-corrected chi connectivity index (χ4v) is 4.71. The van der Waals surface area contributed by atoms with E-state index in [2.05, 4.69) is 6.58 Å². The second kappa shape index (κ2) is 13.8. The lowest BCUT2D eigenvalue weighted by atomic mass is 9.85. The first-order chi connectivity index (χ1) is 20.1. The number of hydrogen-bond acceptors (Lipinski definition) is 6. The Morgan fingerprint density at radius 1 is 0.860 bits per heavy atom. The van der Waals surface area contributed by atoms with Crippen LogP contribution in [-0.2, 0) is 20.9 Å². The molecule has 1 aliphatic rings. The van der Waals surface area contributed by atoms with Crippen LogP contribution in [-0.4, -0.2) is 47.5 Å². The number of halogens is 3. The standard InChI is InChI=1S/C33H40F3NO6/c1-8-20-13-15-21(16-14-20)19-41-17-11-9-10-12-18-42-27-25(35)23-22(24(34)26(27)36)29(38)37(30(23)39)28(32(2,3)4)31(40)43-33(5,6)7/h8,13-16,28H,1,9-12,17-19H2,2-7H3/t28-/m1/s1. The average molecular weight is 604 g/mol. The Labute approximate surface area is 251 Å². The second-order valence-corrected chi connectivity index (χ2v) is 12.6. The van der Waals surface area contributed by atoms with E-state index in [-0.39, 0.29) is 6.61 Å². The topological polar surface area (TPSA) is 82.1 Å². The number of imide groups is 1. The summed E-state index contributed by atoms with van der Waals surface area (Å²) in [5.74, 6) is -9.48. The highest BCUT2D eigenvalue weighted by Gasteiger charge is 2.52. The molecule has 3 rings (SSSR count). The van der Waals surface area contributed by atoms with Crippen LogP contribution in [0.4, 0.5) is 13.2 Å². The van der Waals surface area contributed by atoms with Crippen LogP contribution in [0.2, 0.25) is 0 Å². The van der Waals surface area contributed by atoms with Crippen molar-refractivity contribution in [2.45, 2.75) is 85.5 Å². The lowest BCUT2D eigenvalue weighted by molar-refractivity contribution is -0.163. The third-order valence-electron chi connectivity index (χ3n) is 6.77. The summed E-state index contributed by atoms with van der Waals surface area (Å²) in [6.07, 6.45) is 4.36. The van der Waals surface area contributed by atoms with Crippen LogP contribution >= 0.6 is 0 Å². The van der Waals surface area contributed by atoms with Crippen molar-refractivity contribution in [3.05, 3.63) is 70.5 Å². The van der Waals surface area contributed by atoms with Crippen molar-refractivity contribution in [1.29, 1.82) is 0 Å². The molecule has 234 valence electrons. The Morgan fingerprint density at radius 2 is 1.42 bits per heavy atom. The molecule has 0 radical (unpaired) electrons. The van der Waals surface area contributed by atoms with Gasteiger partial charge in [-0.05, 0) is 56.6 Å². The molecule has 0 aromatic heterocycles. The molecule has 1 aliphatic heterocycles. The van der Waals surface area contributed by atoms with Crippen LogP contribution in [0.1, 0.15) is 99.1 Å². The molecule has 0 bridgehead atoms. The molecular formula is C33H40F3NO6. The Kier molecular flexibility index (Phi) is 10.8. The van der Waals surface area contributed by atoms with E-state index in [1.165, 1.54) is 0 Å². The number of ether oxygens (including phenoxy) is 3. The SMILES string of the molecule is C=Cc1ccc(COCCCCCCOc2c(F)c(F)c3c(c2F)C(=O)N([C@H](C(=O)OC(C)(C)C)C(C)(C)C)C3=O)cc1. The number of hydrogen-bond donors (Lipinski definition) is 0. The van der Waals surface area contributed by atoms with Crippen molar-refractivity contribution >= 4 is 23.9 Å². The van der Waals surface area contributed by atoms with Crippen LogP contribution in [0.5, 0.6) is 5.75 Å². The first kappa shape index (κ1) is 33.8. The van der Waals surface area contributed by atoms with Gasteiger partial charge in [-0.25, -0.2) is 13.6 Å². The summed E-state index contributed by atoms with van der Waals surface area (Å²) in [4.78, 5) is 40.0. The van der Waals surface area contributed by atoms with E-state index >= 15 is 8.78 Å². The molecule has 2 aromatic rings. The number of benzene rings is 2. The molecule has 0 saturated heterocycles. The molecule has 7 nitrogen and oxygen atoms in total. The third kappa shape index (κ3) is 8.04. The van der Waals surface area contributed by atoms with Gasteiger partial charge in [0.1, 0.15) is 11.6 Å². The van der Waals surface area contributed by atoms with E-state index in [1.54, 1.807) is 47.6 Å². The number of rotatable bonds is 13. The minimum atomic E-state index is -1.71. The predicted molar refractivity (Wildman–Crippen MR) is 156 cm³/mol. The number of carbonyl (C=O) groups excluding carboxylic acids is 3. The highest BCUT2D eigenvalue weighted by molar-refractivity contribution is 6.23.